The van der Waals surface area contributed by atoms with Crippen molar-refractivity contribution in [3.63, 3.8) is 0 Å². The molecule has 0 spiro atoms. The quantitative estimate of drug-likeness (QED) is 0.715. The molecule has 30 heavy (non-hydrogen) atoms. The standard InChI is InChI=1S/C24H28FN3O2/c25-20-6-8-21(9-7-20)28-23(29)17-22(24(28)30)26-12-15-27-13-10-19(11-14-27)16-18-4-2-1-3-5-18/h1-9,19,22,26H,10-17H2/t22-/m0/s1. The smallest absolute Gasteiger partial charge is 0.251 e. The van der Waals surface area contributed by atoms with Gasteiger partial charge in [-0.2, -0.15) is 0 Å². The van der Waals surface area contributed by atoms with Gasteiger partial charge < -0.3 is 10.2 Å². The van der Waals surface area contributed by atoms with Gasteiger partial charge in [0, 0.05) is 13.1 Å². The van der Waals surface area contributed by atoms with Crippen LogP contribution < -0.4 is 10.2 Å². The maximum atomic E-state index is 13.1. The first-order valence-electron chi connectivity index (χ1n) is 10.7. The molecule has 6 heteroatoms. The molecule has 2 fully saturated rings. The van der Waals surface area contributed by atoms with Crippen molar-refractivity contribution in [2.45, 2.75) is 31.7 Å². The number of anilines is 1. The van der Waals surface area contributed by atoms with E-state index in [0.29, 0.717) is 12.2 Å². The van der Waals surface area contributed by atoms with E-state index in [-0.39, 0.29) is 24.1 Å². The first-order valence-corrected chi connectivity index (χ1v) is 10.7. The average molecular weight is 410 g/mol. The summed E-state index contributed by atoms with van der Waals surface area (Å²) in [6.07, 6.45) is 3.67. The molecule has 5 nitrogen and oxygen atoms in total. The van der Waals surface area contributed by atoms with Crippen molar-refractivity contribution in [1.29, 1.82) is 0 Å². The Balaban J connectivity index is 1.20. The summed E-state index contributed by atoms with van der Waals surface area (Å²) in [4.78, 5) is 28.5. The molecule has 2 saturated heterocycles. The minimum atomic E-state index is -0.502. The van der Waals surface area contributed by atoms with E-state index in [9.17, 15) is 14.0 Å². The van der Waals surface area contributed by atoms with Gasteiger partial charge in [0.25, 0.3) is 5.91 Å². The summed E-state index contributed by atoms with van der Waals surface area (Å²) < 4.78 is 13.1. The maximum absolute atomic E-state index is 13.1. The van der Waals surface area contributed by atoms with E-state index in [0.717, 1.165) is 36.9 Å². The molecule has 2 aliphatic rings. The largest absolute Gasteiger partial charge is 0.304 e. The molecule has 4 rings (SSSR count). The molecule has 0 bridgehead atoms. The van der Waals surface area contributed by atoms with E-state index in [2.05, 4.69) is 40.5 Å². The minimum absolute atomic E-state index is 0.148. The van der Waals surface area contributed by atoms with Crippen LogP contribution in [0.4, 0.5) is 10.1 Å². The molecule has 0 unspecified atom stereocenters. The summed E-state index contributed by atoms with van der Waals surface area (Å²) in [5, 5.41) is 3.24. The number of carbonyl (C=O) groups is 2. The van der Waals surface area contributed by atoms with Crippen LogP contribution in [0.2, 0.25) is 0 Å². The number of nitrogens with one attached hydrogen (secondary N) is 1. The lowest BCUT2D eigenvalue weighted by Crippen LogP contribution is -2.44. The molecule has 0 saturated carbocycles. The van der Waals surface area contributed by atoms with Crippen LogP contribution in [0, 0.1) is 11.7 Å². The number of nitrogens with zero attached hydrogens (tertiary/aromatic N) is 2. The number of rotatable bonds is 7. The molecule has 2 aliphatic heterocycles. The highest BCUT2D eigenvalue weighted by Crippen LogP contribution is 2.24. The Morgan fingerprint density at radius 2 is 1.67 bits per heavy atom. The van der Waals surface area contributed by atoms with Gasteiger partial charge in [-0.25, -0.2) is 9.29 Å². The predicted octanol–water partition coefficient (Wildman–Crippen LogP) is 3.00. The van der Waals surface area contributed by atoms with Gasteiger partial charge in [0.05, 0.1) is 18.2 Å². The summed E-state index contributed by atoms with van der Waals surface area (Å²) in [7, 11) is 0. The van der Waals surface area contributed by atoms with Crippen molar-refractivity contribution < 1.29 is 14.0 Å². The number of imide groups is 1. The summed E-state index contributed by atoms with van der Waals surface area (Å²) >= 11 is 0. The summed E-state index contributed by atoms with van der Waals surface area (Å²) in [6, 6.07) is 15.6. The second kappa shape index (κ2) is 9.49. The molecule has 2 aromatic rings. The number of hydrogen-bond acceptors (Lipinski definition) is 4. The van der Waals surface area contributed by atoms with Gasteiger partial charge in [-0.05, 0) is 68.1 Å². The van der Waals surface area contributed by atoms with Gasteiger partial charge >= 0.3 is 0 Å². The summed E-state index contributed by atoms with van der Waals surface area (Å²) in [5.74, 6) is -0.158. The van der Waals surface area contributed by atoms with Crippen LogP contribution in [0.1, 0.15) is 24.8 Å². The molecule has 2 amide bonds. The predicted molar refractivity (Wildman–Crippen MR) is 115 cm³/mol. The highest BCUT2D eigenvalue weighted by molar-refractivity contribution is 6.22. The Hall–Kier alpha value is -2.57. The average Bonchev–Trinajstić information content (AvgIpc) is 3.04. The molecular weight excluding hydrogens is 381 g/mol. The van der Waals surface area contributed by atoms with E-state index in [1.165, 1.54) is 42.7 Å². The molecular formula is C24H28FN3O2. The second-order valence-corrected chi connectivity index (χ2v) is 8.23. The van der Waals surface area contributed by atoms with Crippen molar-refractivity contribution >= 4 is 17.5 Å². The molecule has 1 N–H and O–H groups in total. The van der Waals surface area contributed by atoms with Gasteiger partial charge in [-0.15, -0.1) is 0 Å². The lowest BCUT2D eigenvalue weighted by atomic mass is 9.90. The first-order chi connectivity index (χ1) is 14.6. The topological polar surface area (TPSA) is 52.7 Å². The monoisotopic (exact) mass is 409 g/mol. The van der Waals surface area contributed by atoms with Crippen molar-refractivity contribution in [2.75, 3.05) is 31.1 Å². The number of hydrogen-bond donors (Lipinski definition) is 1. The Kier molecular flexibility index (Phi) is 6.55. The number of halogens is 1. The zero-order chi connectivity index (χ0) is 20.9. The number of amides is 2. The lowest BCUT2D eigenvalue weighted by Gasteiger charge is -2.32. The Bertz CT molecular complexity index is 864. The van der Waals surface area contributed by atoms with Crippen LogP contribution in [0.3, 0.4) is 0 Å². The van der Waals surface area contributed by atoms with E-state index >= 15 is 0 Å². The van der Waals surface area contributed by atoms with Crippen LogP contribution in [0.5, 0.6) is 0 Å². The van der Waals surface area contributed by atoms with Crippen molar-refractivity contribution in [3.8, 4) is 0 Å². The molecule has 0 radical (unpaired) electrons. The number of benzene rings is 2. The van der Waals surface area contributed by atoms with E-state index in [1.54, 1.807) is 0 Å². The fourth-order valence-corrected chi connectivity index (χ4v) is 4.41. The van der Waals surface area contributed by atoms with E-state index in [1.807, 2.05) is 0 Å². The molecule has 158 valence electrons. The zero-order valence-corrected chi connectivity index (χ0v) is 17.1. The second-order valence-electron chi connectivity index (χ2n) is 8.23. The van der Waals surface area contributed by atoms with E-state index < -0.39 is 6.04 Å². The fourth-order valence-electron chi connectivity index (χ4n) is 4.41. The molecule has 1 atom stereocenters. The minimum Gasteiger partial charge on any atom is -0.304 e. The highest BCUT2D eigenvalue weighted by Gasteiger charge is 2.39. The highest BCUT2D eigenvalue weighted by atomic mass is 19.1. The third-order valence-electron chi connectivity index (χ3n) is 6.12. The van der Waals surface area contributed by atoms with Crippen LogP contribution in [0.15, 0.2) is 54.6 Å². The molecule has 2 heterocycles. The molecule has 0 aliphatic carbocycles. The zero-order valence-electron chi connectivity index (χ0n) is 17.1. The Labute approximate surface area is 176 Å². The molecule has 0 aromatic heterocycles. The SMILES string of the molecule is O=C1C[C@H](NCCN2CCC(Cc3ccccc3)CC2)C(=O)N1c1ccc(F)cc1. The van der Waals surface area contributed by atoms with E-state index in [4.69, 9.17) is 0 Å². The maximum Gasteiger partial charge on any atom is 0.251 e. The van der Waals surface area contributed by atoms with Crippen LogP contribution in [-0.2, 0) is 16.0 Å². The van der Waals surface area contributed by atoms with Crippen LogP contribution in [0.25, 0.3) is 0 Å². The van der Waals surface area contributed by atoms with Crippen molar-refractivity contribution in [3.05, 3.63) is 66.0 Å². The fraction of sp³-hybridized carbons (Fsp3) is 0.417. The third kappa shape index (κ3) is 4.94. The van der Waals surface area contributed by atoms with Crippen molar-refractivity contribution in [1.82, 2.24) is 10.2 Å². The van der Waals surface area contributed by atoms with Gasteiger partial charge in [0.1, 0.15) is 5.82 Å². The first kappa shape index (κ1) is 20.7. The van der Waals surface area contributed by atoms with Crippen LogP contribution >= 0.6 is 0 Å². The van der Waals surface area contributed by atoms with Crippen LogP contribution in [-0.4, -0.2) is 48.9 Å². The summed E-state index contributed by atoms with van der Waals surface area (Å²) in [5.41, 5.74) is 1.84. The third-order valence-corrected chi connectivity index (χ3v) is 6.12. The Morgan fingerprint density at radius 1 is 0.967 bits per heavy atom. The van der Waals surface area contributed by atoms with Crippen molar-refractivity contribution in [2.24, 2.45) is 5.92 Å². The van der Waals surface area contributed by atoms with Gasteiger partial charge in [-0.1, -0.05) is 30.3 Å². The Morgan fingerprint density at radius 3 is 2.37 bits per heavy atom. The number of piperidine rings is 1. The summed E-state index contributed by atoms with van der Waals surface area (Å²) in [6.45, 7) is 3.67. The van der Waals surface area contributed by atoms with Gasteiger partial charge in [0.15, 0.2) is 0 Å². The lowest BCUT2D eigenvalue weighted by molar-refractivity contribution is -0.121. The molecule has 2 aromatic carbocycles. The van der Waals surface area contributed by atoms with Gasteiger partial charge in [-0.3, -0.25) is 9.59 Å². The number of carbonyl (C=O) groups excluding carboxylic acids is 2. The normalized spacial score (nSPS) is 20.8. The van der Waals surface area contributed by atoms with Gasteiger partial charge in [0.2, 0.25) is 5.91 Å². The number of likely N-dealkylation sites (tertiary alicyclic amines) is 1.